The average Bonchev–Trinajstić information content (AvgIpc) is 2.27. The van der Waals surface area contributed by atoms with Gasteiger partial charge in [-0.05, 0) is 7.05 Å². The van der Waals surface area contributed by atoms with Gasteiger partial charge in [0.1, 0.15) is 5.82 Å². The highest BCUT2D eigenvalue weighted by molar-refractivity contribution is 5.45. The minimum atomic E-state index is -0.281. The molecule has 0 spiro atoms. The van der Waals surface area contributed by atoms with Crippen LogP contribution in [0.5, 0.6) is 0 Å². The van der Waals surface area contributed by atoms with Crippen molar-refractivity contribution in [3.8, 4) is 0 Å². The molecule has 0 amide bonds. The van der Waals surface area contributed by atoms with E-state index >= 15 is 0 Å². The lowest BCUT2D eigenvalue weighted by atomic mass is 10.1. The number of fused-ring (bicyclic) bond motifs is 2. The third kappa shape index (κ3) is 2.25. The minimum Gasteiger partial charge on any atom is -0.369 e. The zero-order chi connectivity index (χ0) is 11.8. The quantitative estimate of drug-likeness (QED) is 0.720. The normalized spacial score (nSPS) is 29.4. The fourth-order valence-electron chi connectivity index (χ4n) is 2.68. The molecule has 3 heterocycles. The van der Waals surface area contributed by atoms with E-state index < -0.39 is 0 Å². The Kier molecular flexibility index (Phi) is 2.72. The van der Waals surface area contributed by atoms with Gasteiger partial charge in [-0.25, -0.2) is 4.39 Å². The molecular formula is C12H16FN3O. The second-order valence-corrected chi connectivity index (χ2v) is 4.87. The summed E-state index contributed by atoms with van der Waals surface area (Å²) in [5.41, 5.74) is 0.854. The molecule has 0 N–H and O–H groups in total. The van der Waals surface area contributed by atoms with Crippen LogP contribution in [0.3, 0.4) is 0 Å². The van der Waals surface area contributed by atoms with Crippen molar-refractivity contribution >= 4 is 5.69 Å². The maximum Gasteiger partial charge on any atom is 0.143 e. The number of likely N-dealkylation sites (N-methyl/N-ethyl adjacent to an activating group) is 1. The van der Waals surface area contributed by atoms with Gasteiger partial charge in [-0.1, -0.05) is 0 Å². The molecule has 2 unspecified atom stereocenters. The number of hydrogen-bond donors (Lipinski definition) is 0. The lowest BCUT2D eigenvalue weighted by Crippen LogP contribution is -2.58. The molecule has 1 aromatic heterocycles. The fraction of sp³-hybridized carbons (Fsp3) is 0.583. The number of hydrogen-bond acceptors (Lipinski definition) is 4. The summed E-state index contributed by atoms with van der Waals surface area (Å²) in [6.45, 7) is 3.50. The van der Waals surface area contributed by atoms with E-state index in [1.165, 1.54) is 12.3 Å². The first kappa shape index (κ1) is 10.9. The van der Waals surface area contributed by atoms with Crippen molar-refractivity contribution in [2.75, 3.05) is 38.1 Å². The van der Waals surface area contributed by atoms with Crippen LogP contribution < -0.4 is 4.90 Å². The van der Waals surface area contributed by atoms with E-state index in [0.29, 0.717) is 0 Å². The largest absolute Gasteiger partial charge is 0.369 e. The van der Waals surface area contributed by atoms with Crippen LogP contribution in [0.1, 0.15) is 0 Å². The van der Waals surface area contributed by atoms with Crippen LogP contribution in [0.25, 0.3) is 0 Å². The van der Waals surface area contributed by atoms with E-state index in [-0.39, 0.29) is 18.0 Å². The van der Waals surface area contributed by atoms with Crippen molar-refractivity contribution in [1.82, 2.24) is 9.88 Å². The topological polar surface area (TPSA) is 28.6 Å². The molecule has 2 saturated heterocycles. The summed E-state index contributed by atoms with van der Waals surface area (Å²) in [6, 6.07) is 1.54. The first-order valence-electron chi connectivity index (χ1n) is 5.90. The van der Waals surface area contributed by atoms with Gasteiger partial charge in [0.05, 0.1) is 30.3 Å². The van der Waals surface area contributed by atoms with E-state index in [1.54, 1.807) is 6.20 Å². The standard InChI is InChI=1S/C12H16FN3O/c1-15-5-11-7-16(8-12(6-15)17-11)10-2-9(13)3-14-4-10/h2-4,11-12H,5-8H2,1H3. The van der Waals surface area contributed by atoms with Gasteiger partial charge in [-0.2, -0.15) is 0 Å². The third-order valence-corrected chi connectivity index (χ3v) is 3.32. The number of halogens is 1. The smallest absolute Gasteiger partial charge is 0.143 e. The first-order valence-corrected chi connectivity index (χ1v) is 5.90. The number of nitrogens with zero attached hydrogens (tertiary/aromatic N) is 3. The Morgan fingerprint density at radius 2 is 1.94 bits per heavy atom. The molecule has 3 rings (SSSR count). The number of pyridine rings is 1. The molecule has 0 saturated carbocycles. The fourth-order valence-corrected chi connectivity index (χ4v) is 2.68. The molecule has 1 aromatic rings. The lowest BCUT2D eigenvalue weighted by Gasteiger charge is -2.45. The molecule has 92 valence electrons. The maximum absolute atomic E-state index is 13.1. The molecule has 2 bridgehead atoms. The van der Waals surface area contributed by atoms with Gasteiger partial charge in [0, 0.05) is 32.2 Å². The first-order chi connectivity index (χ1) is 8.20. The summed E-state index contributed by atoms with van der Waals surface area (Å²) < 4.78 is 19.0. The lowest BCUT2D eigenvalue weighted by molar-refractivity contribution is -0.0875. The molecule has 2 aliphatic rings. The van der Waals surface area contributed by atoms with Gasteiger partial charge >= 0.3 is 0 Å². The second kappa shape index (κ2) is 4.23. The Hall–Kier alpha value is -1.20. The molecule has 2 atom stereocenters. The van der Waals surface area contributed by atoms with E-state index in [0.717, 1.165) is 31.9 Å². The summed E-state index contributed by atoms with van der Waals surface area (Å²) in [4.78, 5) is 8.36. The van der Waals surface area contributed by atoms with E-state index in [9.17, 15) is 4.39 Å². The van der Waals surface area contributed by atoms with Crippen molar-refractivity contribution in [2.24, 2.45) is 0 Å². The summed E-state index contributed by atoms with van der Waals surface area (Å²) in [5.74, 6) is -0.281. The summed E-state index contributed by atoms with van der Waals surface area (Å²) >= 11 is 0. The molecule has 4 nitrogen and oxygen atoms in total. The number of morpholine rings is 2. The van der Waals surface area contributed by atoms with Crippen LogP contribution in [-0.2, 0) is 4.74 Å². The monoisotopic (exact) mass is 237 g/mol. The molecule has 5 heteroatoms. The Morgan fingerprint density at radius 3 is 2.59 bits per heavy atom. The van der Waals surface area contributed by atoms with E-state index in [2.05, 4.69) is 21.8 Å². The molecule has 0 aliphatic carbocycles. The highest BCUT2D eigenvalue weighted by atomic mass is 19.1. The Balaban J connectivity index is 1.78. The highest BCUT2D eigenvalue weighted by Crippen LogP contribution is 2.23. The van der Waals surface area contributed by atoms with Crippen molar-refractivity contribution in [2.45, 2.75) is 12.2 Å². The number of aromatic nitrogens is 1. The van der Waals surface area contributed by atoms with E-state index in [4.69, 9.17) is 4.74 Å². The zero-order valence-electron chi connectivity index (χ0n) is 9.84. The van der Waals surface area contributed by atoms with Crippen LogP contribution in [-0.4, -0.2) is 55.3 Å². The number of rotatable bonds is 1. The van der Waals surface area contributed by atoms with Crippen LogP contribution in [0.15, 0.2) is 18.5 Å². The van der Waals surface area contributed by atoms with Gasteiger partial charge < -0.3 is 14.5 Å². The predicted molar refractivity (Wildman–Crippen MR) is 62.6 cm³/mol. The molecular weight excluding hydrogens is 221 g/mol. The Morgan fingerprint density at radius 1 is 1.24 bits per heavy atom. The molecule has 0 aromatic carbocycles. The SMILES string of the molecule is CN1CC2CN(c3cncc(F)c3)CC(C1)O2. The molecule has 2 fully saturated rings. The average molecular weight is 237 g/mol. The summed E-state index contributed by atoms with van der Waals surface area (Å²) in [7, 11) is 2.11. The summed E-state index contributed by atoms with van der Waals surface area (Å²) in [6.07, 6.45) is 3.39. The van der Waals surface area contributed by atoms with Crippen LogP contribution in [0, 0.1) is 5.82 Å². The Labute approximate surface area is 100.0 Å². The Bertz CT molecular complexity index is 396. The number of ether oxygens (including phenoxy) is 1. The zero-order valence-corrected chi connectivity index (χ0v) is 9.84. The van der Waals surface area contributed by atoms with Gasteiger partial charge in [-0.3, -0.25) is 4.98 Å². The van der Waals surface area contributed by atoms with Crippen molar-refractivity contribution < 1.29 is 9.13 Å². The van der Waals surface area contributed by atoms with E-state index in [1.807, 2.05) is 0 Å². The number of anilines is 1. The van der Waals surface area contributed by atoms with Crippen LogP contribution in [0.2, 0.25) is 0 Å². The van der Waals surface area contributed by atoms with Gasteiger partial charge in [-0.15, -0.1) is 0 Å². The third-order valence-electron chi connectivity index (χ3n) is 3.32. The van der Waals surface area contributed by atoms with Crippen molar-refractivity contribution in [3.63, 3.8) is 0 Å². The molecule has 17 heavy (non-hydrogen) atoms. The van der Waals surface area contributed by atoms with Crippen molar-refractivity contribution in [1.29, 1.82) is 0 Å². The van der Waals surface area contributed by atoms with Gasteiger partial charge in [0.15, 0.2) is 0 Å². The second-order valence-electron chi connectivity index (χ2n) is 4.87. The summed E-state index contributed by atoms with van der Waals surface area (Å²) in [5, 5.41) is 0. The molecule has 0 radical (unpaired) electrons. The highest BCUT2D eigenvalue weighted by Gasteiger charge is 2.33. The van der Waals surface area contributed by atoms with Gasteiger partial charge in [0.25, 0.3) is 0 Å². The van der Waals surface area contributed by atoms with Gasteiger partial charge in [0.2, 0.25) is 0 Å². The minimum absolute atomic E-state index is 0.218. The van der Waals surface area contributed by atoms with Crippen LogP contribution in [0.4, 0.5) is 10.1 Å². The predicted octanol–water partition coefficient (Wildman–Crippen LogP) is 0.740. The van der Waals surface area contributed by atoms with Crippen molar-refractivity contribution in [3.05, 3.63) is 24.3 Å². The van der Waals surface area contributed by atoms with Crippen LogP contribution >= 0.6 is 0 Å². The maximum atomic E-state index is 13.1. The molecule has 2 aliphatic heterocycles.